The van der Waals surface area contributed by atoms with E-state index < -0.39 is 0 Å². The Kier molecular flexibility index (Phi) is 3.83. The summed E-state index contributed by atoms with van der Waals surface area (Å²) in [6.45, 7) is 1.38. The number of likely N-dealkylation sites (tertiary alicyclic amines) is 1. The molecule has 0 saturated carbocycles. The molecule has 130 valence electrons. The molecule has 3 aromatic heterocycles. The summed E-state index contributed by atoms with van der Waals surface area (Å²) in [4.78, 5) is 16.2. The van der Waals surface area contributed by atoms with E-state index in [1.807, 2.05) is 40.5 Å². The van der Waals surface area contributed by atoms with E-state index in [9.17, 15) is 4.79 Å². The summed E-state index contributed by atoms with van der Waals surface area (Å²) in [7, 11) is 3.91. The van der Waals surface area contributed by atoms with E-state index in [1.165, 1.54) is 0 Å². The number of carbonyl (C=O) groups excluding carboxylic acids is 1. The number of aromatic amines is 1. The van der Waals surface area contributed by atoms with Gasteiger partial charge in [-0.2, -0.15) is 9.61 Å². The molecular weight excluding hydrogens is 320 g/mol. The van der Waals surface area contributed by atoms with E-state index in [0.29, 0.717) is 18.7 Å². The van der Waals surface area contributed by atoms with Crippen molar-refractivity contribution in [1.82, 2.24) is 34.9 Å². The highest BCUT2D eigenvalue weighted by atomic mass is 16.2. The van der Waals surface area contributed by atoms with Crippen LogP contribution in [0.3, 0.4) is 0 Å². The maximum absolute atomic E-state index is 12.4. The minimum atomic E-state index is 0.0197. The molecular formula is C16H20N8O. The Balaban J connectivity index is 1.52. The summed E-state index contributed by atoms with van der Waals surface area (Å²) in [6.07, 6.45) is 4.89. The normalized spacial score (nSPS) is 15.7. The first-order chi connectivity index (χ1) is 12.1. The average Bonchev–Trinajstić information content (AvgIpc) is 3.30. The van der Waals surface area contributed by atoms with Gasteiger partial charge >= 0.3 is 0 Å². The van der Waals surface area contributed by atoms with Crippen LogP contribution < -0.4 is 4.90 Å². The van der Waals surface area contributed by atoms with Gasteiger partial charge in [0.1, 0.15) is 5.82 Å². The van der Waals surface area contributed by atoms with E-state index in [-0.39, 0.29) is 11.8 Å². The molecule has 0 spiro atoms. The van der Waals surface area contributed by atoms with Crippen LogP contribution in [0.15, 0.2) is 24.5 Å². The van der Waals surface area contributed by atoms with Crippen molar-refractivity contribution in [1.29, 1.82) is 0 Å². The third-order valence-electron chi connectivity index (χ3n) is 4.62. The Labute approximate surface area is 144 Å². The van der Waals surface area contributed by atoms with Gasteiger partial charge in [-0.05, 0) is 25.0 Å². The van der Waals surface area contributed by atoms with Gasteiger partial charge in [-0.1, -0.05) is 0 Å². The molecule has 0 aliphatic carbocycles. The van der Waals surface area contributed by atoms with Gasteiger partial charge in [-0.15, -0.1) is 15.3 Å². The summed E-state index contributed by atoms with van der Waals surface area (Å²) in [5.74, 6) is 2.00. The van der Waals surface area contributed by atoms with Crippen molar-refractivity contribution in [2.24, 2.45) is 0 Å². The van der Waals surface area contributed by atoms with Crippen molar-refractivity contribution in [3.8, 4) is 0 Å². The van der Waals surface area contributed by atoms with Crippen LogP contribution >= 0.6 is 0 Å². The average molecular weight is 340 g/mol. The molecule has 0 aromatic carbocycles. The topological polar surface area (TPSA) is 95.3 Å². The number of hydrogen-bond donors (Lipinski definition) is 1. The Bertz CT molecular complexity index is 877. The first kappa shape index (κ1) is 15.6. The van der Waals surface area contributed by atoms with Gasteiger partial charge in [-0.3, -0.25) is 9.89 Å². The van der Waals surface area contributed by atoms with Crippen molar-refractivity contribution < 1.29 is 4.79 Å². The molecule has 0 atom stereocenters. The fourth-order valence-corrected chi connectivity index (χ4v) is 3.18. The number of nitrogens with zero attached hydrogens (tertiary/aromatic N) is 7. The summed E-state index contributed by atoms with van der Waals surface area (Å²) in [6, 6.07) is 3.86. The van der Waals surface area contributed by atoms with Crippen LogP contribution in [0.1, 0.15) is 34.9 Å². The Morgan fingerprint density at radius 1 is 1.24 bits per heavy atom. The minimum Gasteiger partial charge on any atom is -0.361 e. The summed E-state index contributed by atoms with van der Waals surface area (Å²) < 4.78 is 1.83. The second kappa shape index (κ2) is 6.15. The number of H-pyrrole nitrogens is 1. The number of carbonyl (C=O) groups is 1. The van der Waals surface area contributed by atoms with Gasteiger partial charge in [0, 0.05) is 39.3 Å². The smallest absolute Gasteiger partial charge is 0.257 e. The van der Waals surface area contributed by atoms with E-state index in [0.717, 1.165) is 30.1 Å². The van der Waals surface area contributed by atoms with Crippen LogP contribution in [-0.2, 0) is 0 Å². The lowest BCUT2D eigenvalue weighted by atomic mass is 9.96. The van der Waals surface area contributed by atoms with E-state index in [1.54, 1.807) is 12.4 Å². The van der Waals surface area contributed by atoms with Gasteiger partial charge in [0.15, 0.2) is 11.5 Å². The number of nitrogens with one attached hydrogen (secondary N) is 1. The monoisotopic (exact) mass is 340 g/mol. The minimum absolute atomic E-state index is 0.0197. The van der Waals surface area contributed by atoms with Crippen molar-refractivity contribution in [2.75, 3.05) is 32.1 Å². The predicted molar refractivity (Wildman–Crippen MR) is 91.6 cm³/mol. The molecule has 1 saturated heterocycles. The van der Waals surface area contributed by atoms with Crippen LogP contribution in [0.4, 0.5) is 5.82 Å². The summed E-state index contributed by atoms with van der Waals surface area (Å²) in [5, 5.41) is 19.7. The zero-order valence-electron chi connectivity index (χ0n) is 14.3. The van der Waals surface area contributed by atoms with Gasteiger partial charge in [-0.25, -0.2) is 0 Å². The molecule has 1 aliphatic rings. The largest absolute Gasteiger partial charge is 0.361 e. The van der Waals surface area contributed by atoms with Crippen LogP contribution in [0, 0.1) is 0 Å². The molecule has 0 bridgehead atoms. The van der Waals surface area contributed by atoms with Gasteiger partial charge in [0.25, 0.3) is 5.91 Å². The number of piperidine rings is 1. The second-order valence-electron chi connectivity index (χ2n) is 6.47. The molecule has 1 fully saturated rings. The van der Waals surface area contributed by atoms with Crippen molar-refractivity contribution in [3.63, 3.8) is 0 Å². The summed E-state index contributed by atoms with van der Waals surface area (Å²) in [5.41, 5.74) is 1.35. The zero-order chi connectivity index (χ0) is 17.4. The van der Waals surface area contributed by atoms with Crippen LogP contribution in [0.2, 0.25) is 0 Å². The highest BCUT2D eigenvalue weighted by Gasteiger charge is 2.28. The van der Waals surface area contributed by atoms with Crippen molar-refractivity contribution >= 4 is 17.4 Å². The number of aromatic nitrogens is 6. The van der Waals surface area contributed by atoms with Crippen molar-refractivity contribution in [3.05, 3.63) is 35.9 Å². The first-order valence-corrected chi connectivity index (χ1v) is 8.31. The van der Waals surface area contributed by atoms with Crippen LogP contribution in [0.5, 0.6) is 0 Å². The fraction of sp³-hybridized carbons (Fsp3) is 0.438. The lowest BCUT2D eigenvalue weighted by molar-refractivity contribution is 0.0710. The molecule has 3 aromatic rings. The molecule has 0 radical (unpaired) electrons. The van der Waals surface area contributed by atoms with Gasteiger partial charge < -0.3 is 9.80 Å². The molecule has 9 nitrogen and oxygen atoms in total. The predicted octanol–water partition coefficient (Wildman–Crippen LogP) is 0.933. The zero-order valence-corrected chi connectivity index (χ0v) is 14.3. The SMILES string of the molecule is CN(C)c1ccc2nnc(C3CCN(C(=O)c4cn[nH]c4)CC3)n2n1. The Morgan fingerprint density at radius 3 is 2.72 bits per heavy atom. The second-order valence-corrected chi connectivity index (χ2v) is 6.47. The number of rotatable bonds is 3. The van der Waals surface area contributed by atoms with Gasteiger partial charge in [0.05, 0.1) is 11.8 Å². The van der Waals surface area contributed by atoms with Crippen LogP contribution in [-0.4, -0.2) is 68.0 Å². The molecule has 25 heavy (non-hydrogen) atoms. The number of anilines is 1. The van der Waals surface area contributed by atoms with E-state index in [4.69, 9.17) is 0 Å². The molecule has 1 N–H and O–H groups in total. The first-order valence-electron chi connectivity index (χ1n) is 8.31. The third kappa shape index (κ3) is 2.81. The third-order valence-corrected chi connectivity index (χ3v) is 4.62. The highest BCUT2D eigenvalue weighted by Crippen LogP contribution is 2.27. The lowest BCUT2D eigenvalue weighted by Crippen LogP contribution is -2.38. The van der Waals surface area contributed by atoms with Gasteiger partial charge in [0.2, 0.25) is 0 Å². The summed E-state index contributed by atoms with van der Waals surface area (Å²) >= 11 is 0. The Hall–Kier alpha value is -2.97. The maximum atomic E-state index is 12.4. The molecule has 9 heteroatoms. The number of hydrogen-bond acceptors (Lipinski definition) is 6. The molecule has 0 unspecified atom stereocenters. The number of amides is 1. The maximum Gasteiger partial charge on any atom is 0.257 e. The van der Waals surface area contributed by atoms with Crippen molar-refractivity contribution in [2.45, 2.75) is 18.8 Å². The lowest BCUT2D eigenvalue weighted by Gasteiger charge is -2.30. The quantitative estimate of drug-likeness (QED) is 0.762. The molecule has 1 aliphatic heterocycles. The van der Waals surface area contributed by atoms with Crippen LogP contribution in [0.25, 0.3) is 5.65 Å². The fourth-order valence-electron chi connectivity index (χ4n) is 3.18. The van der Waals surface area contributed by atoms with E-state index >= 15 is 0 Å². The molecule has 1 amide bonds. The standard InChI is InChI=1S/C16H20N8O/c1-22(2)14-4-3-13-19-20-15(24(13)21-14)11-5-7-23(8-6-11)16(25)12-9-17-18-10-12/h3-4,9-11H,5-8H2,1-2H3,(H,17,18). The molecule has 4 rings (SSSR count). The Morgan fingerprint density at radius 2 is 2.04 bits per heavy atom. The number of fused-ring (bicyclic) bond motifs is 1. The highest BCUT2D eigenvalue weighted by molar-refractivity contribution is 5.93. The molecule has 4 heterocycles. The van der Waals surface area contributed by atoms with E-state index in [2.05, 4.69) is 25.5 Å².